The summed E-state index contributed by atoms with van der Waals surface area (Å²) < 4.78 is 41.0. The van der Waals surface area contributed by atoms with E-state index in [4.69, 9.17) is 9.84 Å². The summed E-state index contributed by atoms with van der Waals surface area (Å²) in [5.74, 6) is -0.529. The molecule has 0 radical (unpaired) electrons. The van der Waals surface area contributed by atoms with Gasteiger partial charge in [0.05, 0.1) is 24.5 Å². The first kappa shape index (κ1) is 33.7. The van der Waals surface area contributed by atoms with Crippen molar-refractivity contribution >= 4 is 21.9 Å². The van der Waals surface area contributed by atoms with Crippen molar-refractivity contribution < 1.29 is 126 Å². The van der Waals surface area contributed by atoms with Crippen LogP contribution in [0, 0.1) is 6.92 Å². The van der Waals surface area contributed by atoms with E-state index in [2.05, 4.69) is 18.3 Å². The average Bonchev–Trinajstić information content (AvgIpc) is 2.68. The Bertz CT molecular complexity index is 905. The number of pyridine rings is 1. The standard InChI is InChI=1S/C14H21NO14P2.2Na/c1-6-10(18)8(3-16)7(2-15-6)5-26-30(22,23)29-31(24,25)28-14-13(21)12(20)11(19)9(4-17)27-14;;/h2-3,9,11-14,17-21H,4-5H2,1H3,(H,22,23)(H,24,25);;/q;2*+1/p-2/t9-,11-,12+,13-,14-;;/m1../s1. The summed E-state index contributed by atoms with van der Waals surface area (Å²) in [6.45, 7) is -0.455. The minimum atomic E-state index is -5.81. The maximum Gasteiger partial charge on any atom is 1.00 e. The number of ether oxygens (including phenoxy) is 1. The Labute approximate surface area is 231 Å². The second-order valence-corrected chi connectivity index (χ2v) is 9.21. The Balaban J connectivity index is 0.00000512. The Kier molecular flexibility index (Phi) is 14.1. The number of carbonyl (C=O) groups is 1. The van der Waals surface area contributed by atoms with Crippen LogP contribution in [-0.4, -0.2) is 74.1 Å². The van der Waals surface area contributed by atoms with Crippen LogP contribution >= 0.6 is 15.6 Å². The Hall–Kier alpha value is 0.680. The first-order valence-corrected chi connectivity index (χ1v) is 11.3. The molecule has 0 saturated carbocycles. The number of hydrogen-bond acceptors (Lipinski definition) is 15. The molecule has 7 atom stereocenters. The van der Waals surface area contributed by atoms with Gasteiger partial charge in [0.1, 0.15) is 30.2 Å². The van der Waals surface area contributed by atoms with Crippen LogP contribution in [0.15, 0.2) is 6.20 Å². The fourth-order valence-corrected chi connectivity index (χ4v) is 4.54. The number of aldehydes is 1. The molecule has 2 rings (SSSR count). The van der Waals surface area contributed by atoms with E-state index in [0.29, 0.717) is 0 Å². The Morgan fingerprint density at radius 1 is 1.15 bits per heavy atom. The van der Waals surface area contributed by atoms with Crippen LogP contribution in [0.1, 0.15) is 21.6 Å². The third kappa shape index (κ3) is 8.93. The van der Waals surface area contributed by atoms with Crippen LogP contribution in [-0.2, 0) is 33.8 Å². The maximum atomic E-state index is 11.9. The zero-order chi connectivity index (χ0) is 23.6. The van der Waals surface area contributed by atoms with E-state index in [9.17, 15) is 44.1 Å². The second kappa shape index (κ2) is 13.8. The van der Waals surface area contributed by atoms with Crippen molar-refractivity contribution in [2.45, 2.75) is 44.2 Å². The smallest absolute Gasteiger partial charge is 0.756 e. The van der Waals surface area contributed by atoms with Gasteiger partial charge in [-0.15, -0.1) is 0 Å². The molecule has 0 aromatic carbocycles. The number of aliphatic hydroxyl groups excluding tert-OH is 4. The quantitative estimate of drug-likeness (QED) is 0.112. The molecule has 0 aliphatic carbocycles. The molecule has 0 spiro atoms. The van der Waals surface area contributed by atoms with E-state index >= 15 is 0 Å². The van der Waals surface area contributed by atoms with E-state index in [1.54, 1.807) is 0 Å². The van der Waals surface area contributed by atoms with Gasteiger partial charge in [0, 0.05) is 11.8 Å². The molecule has 1 aliphatic rings. The number of rotatable bonds is 9. The molecule has 0 amide bonds. The van der Waals surface area contributed by atoms with E-state index in [0.717, 1.165) is 6.20 Å². The number of hydrogen-bond donors (Lipinski definition) is 5. The molecule has 15 nitrogen and oxygen atoms in total. The number of aryl methyl sites for hydroxylation is 1. The van der Waals surface area contributed by atoms with Crippen molar-refractivity contribution in [3.8, 4) is 5.75 Å². The van der Waals surface area contributed by atoms with Crippen molar-refractivity contribution in [3.05, 3.63) is 23.0 Å². The predicted octanol–water partition coefficient (Wildman–Crippen LogP) is -8.80. The van der Waals surface area contributed by atoms with Gasteiger partial charge in [0.25, 0.3) is 15.6 Å². The summed E-state index contributed by atoms with van der Waals surface area (Å²) in [6, 6.07) is 0. The minimum absolute atomic E-state index is 0. The first-order chi connectivity index (χ1) is 14.3. The minimum Gasteiger partial charge on any atom is -0.756 e. The number of carbonyl (C=O) groups excluding carboxylic acids is 1. The monoisotopic (exact) mass is 533 g/mol. The van der Waals surface area contributed by atoms with Crippen molar-refractivity contribution in [2.75, 3.05) is 6.61 Å². The van der Waals surface area contributed by atoms with Crippen molar-refractivity contribution in [1.29, 1.82) is 0 Å². The molecule has 5 N–H and O–H groups in total. The van der Waals surface area contributed by atoms with E-state index in [-0.39, 0.29) is 82.2 Å². The zero-order valence-electron chi connectivity index (χ0n) is 17.7. The molecule has 176 valence electrons. The number of phosphoric acid groups is 2. The SMILES string of the molecule is Cc1ncc(COP(=O)([O-])OP(=O)([O-])O[C@H]2O[C@H](CO)[C@@H](O)[C@H](O)[C@H]2O)c(C=O)c1O.[Na+].[Na+]. The Morgan fingerprint density at radius 3 is 2.30 bits per heavy atom. The number of phosphoric ester groups is 2. The third-order valence-electron chi connectivity index (χ3n) is 4.14. The van der Waals surface area contributed by atoms with E-state index in [1.165, 1.54) is 6.92 Å². The largest absolute Gasteiger partial charge is 1.00 e. The van der Waals surface area contributed by atoms with Gasteiger partial charge in [0.2, 0.25) is 0 Å². The molecular formula is C14H19NNa2O14P2. The fourth-order valence-electron chi connectivity index (χ4n) is 2.49. The van der Waals surface area contributed by atoms with Gasteiger partial charge in [-0.2, -0.15) is 0 Å². The van der Waals surface area contributed by atoms with Crippen LogP contribution in [0.2, 0.25) is 0 Å². The van der Waals surface area contributed by atoms with Gasteiger partial charge in [-0.05, 0) is 6.92 Å². The topological polar surface area (TPSA) is 248 Å². The fraction of sp³-hybridized carbons (Fsp3) is 0.571. The average molecular weight is 533 g/mol. The van der Waals surface area contributed by atoms with Gasteiger partial charge in [-0.25, -0.2) is 4.31 Å². The summed E-state index contributed by atoms with van der Waals surface area (Å²) in [7, 11) is -11.5. The molecule has 1 aromatic rings. The van der Waals surface area contributed by atoms with Crippen LogP contribution in [0.5, 0.6) is 5.75 Å². The molecule has 2 heterocycles. The first-order valence-electron chi connectivity index (χ1n) is 8.41. The molecule has 19 heteroatoms. The van der Waals surface area contributed by atoms with Gasteiger partial charge in [0.15, 0.2) is 12.6 Å². The van der Waals surface area contributed by atoms with Gasteiger partial charge < -0.3 is 44.6 Å². The summed E-state index contributed by atoms with van der Waals surface area (Å²) >= 11 is 0. The molecule has 2 unspecified atom stereocenters. The second-order valence-electron chi connectivity index (χ2n) is 6.30. The maximum absolute atomic E-state index is 11.9. The van der Waals surface area contributed by atoms with Crippen LogP contribution in [0.25, 0.3) is 0 Å². The predicted molar refractivity (Wildman–Crippen MR) is 92.0 cm³/mol. The molecular weight excluding hydrogens is 514 g/mol. The van der Waals surface area contributed by atoms with E-state index in [1.807, 2.05) is 0 Å². The molecule has 1 aromatic heterocycles. The number of aromatic hydroxyl groups is 1. The normalized spacial score (nSPS) is 28.5. The summed E-state index contributed by atoms with van der Waals surface area (Å²) in [5.41, 5.74) is -0.465. The molecule has 33 heavy (non-hydrogen) atoms. The molecule has 1 fully saturated rings. The van der Waals surface area contributed by atoms with Gasteiger partial charge >= 0.3 is 59.1 Å². The number of aromatic nitrogens is 1. The van der Waals surface area contributed by atoms with Crippen molar-refractivity contribution in [2.24, 2.45) is 0 Å². The summed E-state index contributed by atoms with van der Waals surface area (Å²) in [4.78, 5) is 38.5. The van der Waals surface area contributed by atoms with Gasteiger partial charge in [-0.3, -0.25) is 23.4 Å². The molecule has 0 bridgehead atoms. The van der Waals surface area contributed by atoms with Gasteiger partial charge in [-0.1, -0.05) is 0 Å². The molecule has 1 aliphatic heterocycles. The van der Waals surface area contributed by atoms with Crippen molar-refractivity contribution in [3.63, 3.8) is 0 Å². The summed E-state index contributed by atoms with van der Waals surface area (Å²) in [6.07, 6.45) is -8.48. The Morgan fingerprint density at radius 2 is 1.76 bits per heavy atom. The van der Waals surface area contributed by atoms with Crippen LogP contribution in [0.3, 0.4) is 0 Å². The van der Waals surface area contributed by atoms with Crippen LogP contribution < -0.4 is 68.9 Å². The third-order valence-corrected chi connectivity index (χ3v) is 6.65. The molecule has 1 saturated heterocycles. The van der Waals surface area contributed by atoms with Crippen LogP contribution in [0.4, 0.5) is 0 Å². The number of nitrogens with zero attached hydrogens (tertiary/aromatic N) is 1. The van der Waals surface area contributed by atoms with E-state index < -0.39 is 65.3 Å². The zero-order valence-corrected chi connectivity index (χ0v) is 23.5. The summed E-state index contributed by atoms with van der Waals surface area (Å²) in [5, 5.41) is 47.8. The number of aliphatic hydroxyl groups is 4. The van der Waals surface area contributed by atoms with Crippen molar-refractivity contribution in [1.82, 2.24) is 4.98 Å².